The monoisotopic (exact) mass is 693 g/mol. The molecular weight excluding hydrogens is 659 g/mol. The zero-order chi connectivity index (χ0) is 36.0. The standard InChI is InChI=1S/C50H35N3O/c1-32-22-23-35-14-8-9-17-40(35)45(32)37-28-26-36(27-29-37)41-18-10-20-43-46(41)47-42(19-11-21-44(47)54-43)50-52-48(38-15-6-3-7-16-38)51-49(53-50)39-30-24-34(25-31-39)33-12-4-2-5-13-33/h2-32,45H,1H3. The van der Waals surface area contributed by atoms with E-state index in [2.05, 4.69) is 134 Å². The van der Waals surface area contributed by atoms with E-state index in [9.17, 15) is 0 Å². The zero-order valence-corrected chi connectivity index (χ0v) is 29.7. The van der Waals surface area contributed by atoms with Gasteiger partial charge >= 0.3 is 0 Å². The average molecular weight is 694 g/mol. The van der Waals surface area contributed by atoms with Crippen LogP contribution < -0.4 is 0 Å². The Labute approximate surface area is 314 Å². The van der Waals surface area contributed by atoms with Crippen LogP contribution in [-0.4, -0.2) is 15.0 Å². The molecule has 0 bridgehead atoms. The molecule has 1 aliphatic carbocycles. The van der Waals surface area contributed by atoms with Crippen molar-refractivity contribution < 1.29 is 4.42 Å². The number of fused-ring (bicyclic) bond motifs is 4. The number of benzene rings is 7. The minimum atomic E-state index is 0.309. The third kappa shape index (κ3) is 5.60. The van der Waals surface area contributed by atoms with Crippen molar-refractivity contribution in [2.24, 2.45) is 5.92 Å². The van der Waals surface area contributed by atoms with Crippen LogP contribution in [-0.2, 0) is 0 Å². The molecule has 4 heteroatoms. The van der Waals surface area contributed by atoms with Gasteiger partial charge in [0.15, 0.2) is 17.5 Å². The fraction of sp³-hybridized carbons (Fsp3) is 0.0600. The highest BCUT2D eigenvalue weighted by Gasteiger charge is 2.25. The van der Waals surface area contributed by atoms with E-state index in [1.54, 1.807) is 0 Å². The number of hydrogen-bond donors (Lipinski definition) is 0. The quantitative estimate of drug-likeness (QED) is 0.174. The van der Waals surface area contributed by atoms with Crippen LogP contribution in [0.4, 0.5) is 0 Å². The van der Waals surface area contributed by atoms with Crippen LogP contribution in [0, 0.1) is 5.92 Å². The first kappa shape index (κ1) is 31.8. The number of rotatable bonds is 6. The summed E-state index contributed by atoms with van der Waals surface area (Å²) < 4.78 is 6.55. The van der Waals surface area contributed by atoms with Gasteiger partial charge in [0.05, 0.1) is 0 Å². The van der Waals surface area contributed by atoms with Gasteiger partial charge in [0.2, 0.25) is 0 Å². The molecule has 0 aliphatic heterocycles. The van der Waals surface area contributed by atoms with Gasteiger partial charge in [0, 0.05) is 33.4 Å². The van der Waals surface area contributed by atoms with Gasteiger partial charge in [-0.2, -0.15) is 0 Å². The van der Waals surface area contributed by atoms with E-state index in [0.717, 1.165) is 55.3 Å². The SMILES string of the molecule is CC1C=Cc2ccccc2C1c1ccc(-c2cccc3oc4cccc(-c5nc(-c6ccccc6)nc(-c6ccc(-c7ccccc7)cc6)n5)c4c23)cc1. The molecule has 0 N–H and O–H groups in total. The first-order valence-electron chi connectivity index (χ1n) is 18.5. The second-order valence-electron chi connectivity index (χ2n) is 14.0. The molecule has 0 radical (unpaired) electrons. The highest BCUT2D eigenvalue weighted by molar-refractivity contribution is 6.17. The van der Waals surface area contributed by atoms with E-state index in [1.165, 1.54) is 22.3 Å². The van der Waals surface area contributed by atoms with Crippen LogP contribution in [0.15, 0.2) is 180 Å². The molecule has 9 aromatic rings. The van der Waals surface area contributed by atoms with Gasteiger partial charge in [-0.1, -0.05) is 177 Å². The molecular formula is C50H35N3O. The van der Waals surface area contributed by atoms with Crippen LogP contribution in [0.25, 0.3) is 84.4 Å². The van der Waals surface area contributed by atoms with E-state index in [-0.39, 0.29) is 0 Å². The molecule has 0 saturated carbocycles. The zero-order valence-electron chi connectivity index (χ0n) is 29.7. The second kappa shape index (κ2) is 13.3. The van der Waals surface area contributed by atoms with E-state index < -0.39 is 0 Å². The van der Waals surface area contributed by atoms with E-state index in [0.29, 0.717) is 29.3 Å². The van der Waals surface area contributed by atoms with Crippen LogP contribution in [0.3, 0.4) is 0 Å². The van der Waals surface area contributed by atoms with E-state index >= 15 is 0 Å². The molecule has 256 valence electrons. The fourth-order valence-corrected chi connectivity index (χ4v) is 8.03. The smallest absolute Gasteiger partial charge is 0.164 e. The largest absolute Gasteiger partial charge is 0.456 e. The molecule has 0 amide bonds. The Kier molecular flexibility index (Phi) is 7.80. The summed E-state index contributed by atoms with van der Waals surface area (Å²) in [4.78, 5) is 15.3. The lowest BCUT2D eigenvalue weighted by molar-refractivity contribution is 0.618. The molecule has 0 fully saturated rings. The molecule has 2 aromatic heterocycles. The molecule has 0 saturated heterocycles. The predicted molar refractivity (Wildman–Crippen MR) is 221 cm³/mol. The van der Waals surface area contributed by atoms with Gasteiger partial charge < -0.3 is 4.42 Å². The van der Waals surface area contributed by atoms with Crippen molar-refractivity contribution in [3.8, 4) is 56.4 Å². The Morgan fingerprint density at radius 1 is 0.426 bits per heavy atom. The lowest BCUT2D eigenvalue weighted by atomic mass is 9.76. The Morgan fingerprint density at radius 2 is 0.944 bits per heavy atom. The number of allylic oxidation sites excluding steroid dienone is 1. The van der Waals surface area contributed by atoms with Crippen LogP contribution >= 0.6 is 0 Å². The van der Waals surface area contributed by atoms with Crippen molar-refractivity contribution in [2.45, 2.75) is 12.8 Å². The molecule has 2 unspecified atom stereocenters. The maximum absolute atomic E-state index is 6.55. The number of furan rings is 1. The highest BCUT2D eigenvalue weighted by atomic mass is 16.3. The highest BCUT2D eigenvalue weighted by Crippen LogP contribution is 2.43. The minimum Gasteiger partial charge on any atom is -0.456 e. The summed E-state index contributed by atoms with van der Waals surface area (Å²) in [6.07, 6.45) is 4.59. The number of nitrogens with zero attached hydrogens (tertiary/aromatic N) is 3. The molecule has 4 nitrogen and oxygen atoms in total. The maximum Gasteiger partial charge on any atom is 0.164 e. The van der Waals surface area contributed by atoms with Crippen molar-refractivity contribution in [1.29, 1.82) is 0 Å². The summed E-state index contributed by atoms with van der Waals surface area (Å²) in [6, 6.07) is 59.3. The van der Waals surface area contributed by atoms with Crippen molar-refractivity contribution in [2.75, 3.05) is 0 Å². The number of hydrogen-bond acceptors (Lipinski definition) is 4. The summed E-state index contributed by atoms with van der Waals surface area (Å²) in [5.41, 5.74) is 12.9. The normalized spacial score (nSPS) is 15.1. The molecule has 7 aromatic carbocycles. The first-order chi connectivity index (χ1) is 26.7. The van der Waals surface area contributed by atoms with Crippen LogP contribution in [0.2, 0.25) is 0 Å². The summed E-state index contributed by atoms with van der Waals surface area (Å²) in [7, 11) is 0. The van der Waals surface area contributed by atoms with Crippen molar-refractivity contribution >= 4 is 28.0 Å². The summed E-state index contributed by atoms with van der Waals surface area (Å²) in [6.45, 7) is 2.31. The minimum absolute atomic E-state index is 0.309. The first-order valence-corrected chi connectivity index (χ1v) is 18.5. The van der Waals surface area contributed by atoms with E-state index in [1.807, 2.05) is 54.6 Å². The molecule has 10 rings (SSSR count). The maximum atomic E-state index is 6.55. The molecule has 2 heterocycles. The Hall–Kier alpha value is -6.91. The van der Waals surface area contributed by atoms with Gasteiger partial charge in [-0.3, -0.25) is 0 Å². The Balaban J connectivity index is 1.11. The third-order valence-electron chi connectivity index (χ3n) is 10.7. The van der Waals surface area contributed by atoms with Crippen LogP contribution in [0.5, 0.6) is 0 Å². The lowest BCUT2D eigenvalue weighted by Crippen LogP contribution is -2.14. The van der Waals surface area contributed by atoms with Gasteiger partial charge in [-0.05, 0) is 57.0 Å². The molecule has 0 spiro atoms. The van der Waals surface area contributed by atoms with Crippen molar-refractivity contribution in [3.63, 3.8) is 0 Å². The van der Waals surface area contributed by atoms with E-state index in [4.69, 9.17) is 19.4 Å². The number of aromatic nitrogens is 3. The Morgan fingerprint density at radius 3 is 1.65 bits per heavy atom. The van der Waals surface area contributed by atoms with Gasteiger partial charge in [-0.15, -0.1) is 0 Å². The van der Waals surface area contributed by atoms with Crippen LogP contribution in [0.1, 0.15) is 29.5 Å². The fourth-order valence-electron chi connectivity index (χ4n) is 8.03. The van der Waals surface area contributed by atoms with Crippen molar-refractivity contribution in [1.82, 2.24) is 15.0 Å². The lowest BCUT2D eigenvalue weighted by Gasteiger charge is -2.28. The van der Waals surface area contributed by atoms with Crippen molar-refractivity contribution in [3.05, 3.63) is 193 Å². The summed E-state index contributed by atoms with van der Waals surface area (Å²) in [5.74, 6) is 2.55. The van der Waals surface area contributed by atoms with Gasteiger partial charge in [-0.25, -0.2) is 15.0 Å². The average Bonchev–Trinajstić information content (AvgIpc) is 3.64. The van der Waals surface area contributed by atoms with Gasteiger partial charge in [0.1, 0.15) is 11.2 Å². The summed E-state index contributed by atoms with van der Waals surface area (Å²) in [5, 5.41) is 2.04. The molecule has 1 aliphatic rings. The molecule has 54 heavy (non-hydrogen) atoms. The Bertz CT molecular complexity index is 2820. The third-order valence-corrected chi connectivity index (χ3v) is 10.7. The predicted octanol–water partition coefficient (Wildman–Crippen LogP) is 12.9. The van der Waals surface area contributed by atoms with Gasteiger partial charge in [0.25, 0.3) is 0 Å². The topological polar surface area (TPSA) is 51.8 Å². The second-order valence-corrected chi connectivity index (χ2v) is 14.0. The summed E-state index contributed by atoms with van der Waals surface area (Å²) >= 11 is 0. The molecule has 2 atom stereocenters.